The second kappa shape index (κ2) is 68.4. The van der Waals surface area contributed by atoms with E-state index in [1.54, 1.807) is 0 Å². The normalized spacial score (nSPS) is 12.1. The van der Waals surface area contributed by atoms with E-state index in [0.29, 0.717) is 19.3 Å². The Balaban J connectivity index is 4.05. The third-order valence-corrected chi connectivity index (χ3v) is 16.4. The van der Waals surface area contributed by atoms with E-state index < -0.39 is 6.10 Å². The molecule has 0 amide bonds. The van der Waals surface area contributed by atoms with Gasteiger partial charge in [0.15, 0.2) is 6.10 Å². The van der Waals surface area contributed by atoms with Crippen molar-refractivity contribution in [2.75, 3.05) is 13.2 Å². The van der Waals surface area contributed by atoms with Crippen LogP contribution in [0.15, 0.2) is 24.3 Å². The number of hydrogen-bond acceptors (Lipinski definition) is 6. The molecule has 0 aromatic rings. The Morgan fingerprint density at radius 2 is 0.418 bits per heavy atom. The van der Waals surface area contributed by atoms with Crippen LogP contribution < -0.4 is 0 Å². The first-order valence-corrected chi connectivity index (χ1v) is 35.8. The summed E-state index contributed by atoms with van der Waals surface area (Å²) in [5.74, 6) is -0.842. The molecule has 0 saturated carbocycles. The Morgan fingerprint density at radius 3 is 0.633 bits per heavy atom. The fourth-order valence-electron chi connectivity index (χ4n) is 11.0. The lowest BCUT2D eigenvalue weighted by atomic mass is 10.0. The summed E-state index contributed by atoms with van der Waals surface area (Å²) in [6, 6.07) is 0. The number of carbonyl (C=O) groups is 3. The maximum Gasteiger partial charge on any atom is 0.306 e. The van der Waals surface area contributed by atoms with E-state index in [-0.39, 0.29) is 31.1 Å². The molecule has 6 heteroatoms. The molecular weight excluding hydrogens is 973 g/mol. The minimum absolute atomic E-state index is 0.0659. The lowest BCUT2D eigenvalue weighted by molar-refractivity contribution is -0.167. The van der Waals surface area contributed by atoms with Gasteiger partial charge in [-0.1, -0.05) is 340 Å². The Bertz CT molecular complexity index is 1270. The van der Waals surface area contributed by atoms with E-state index >= 15 is 0 Å². The van der Waals surface area contributed by atoms with E-state index in [9.17, 15) is 14.4 Å². The van der Waals surface area contributed by atoms with Crippen LogP contribution in [0.25, 0.3) is 0 Å². The molecule has 0 saturated heterocycles. The molecule has 1 atom stereocenters. The van der Waals surface area contributed by atoms with Gasteiger partial charge in [-0.25, -0.2) is 0 Å². The third-order valence-electron chi connectivity index (χ3n) is 16.4. The number of unbranched alkanes of at least 4 members (excludes halogenated alkanes) is 52. The van der Waals surface area contributed by atoms with Gasteiger partial charge in [-0.3, -0.25) is 14.4 Å². The van der Waals surface area contributed by atoms with Crippen molar-refractivity contribution in [1.82, 2.24) is 0 Å². The largest absolute Gasteiger partial charge is 0.462 e. The highest BCUT2D eigenvalue weighted by Gasteiger charge is 2.19. The predicted octanol–water partition coefficient (Wildman–Crippen LogP) is 24.6. The number of hydrogen-bond donors (Lipinski definition) is 0. The summed E-state index contributed by atoms with van der Waals surface area (Å²) in [4.78, 5) is 38.3. The van der Waals surface area contributed by atoms with E-state index in [0.717, 1.165) is 57.8 Å². The van der Waals surface area contributed by atoms with Crippen LogP contribution in [-0.4, -0.2) is 37.2 Å². The maximum atomic E-state index is 12.9. The maximum absolute atomic E-state index is 12.9. The lowest BCUT2D eigenvalue weighted by Crippen LogP contribution is -2.30. The summed E-state index contributed by atoms with van der Waals surface area (Å²) in [6.45, 7) is 6.69. The van der Waals surface area contributed by atoms with Gasteiger partial charge in [-0.2, -0.15) is 0 Å². The van der Waals surface area contributed by atoms with Crippen molar-refractivity contribution in [1.29, 1.82) is 0 Å². The summed E-state index contributed by atoms with van der Waals surface area (Å²) in [5.41, 5.74) is 0. The van der Waals surface area contributed by atoms with Gasteiger partial charge < -0.3 is 14.2 Å². The number of ether oxygens (including phenoxy) is 3. The predicted molar refractivity (Wildman–Crippen MR) is 344 cm³/mol. The second-order valence-corrected chi connectivity index (χ2v) is 24.5. The summed E-state index contributed by atoms with van der Waals surface area (Å²) >= 11 is 0. The molecule has 6 nitrogen and oxygen atoms in total. The molecule has 0 heterocycles. The molecule has 0 aliphatic heterocycles. The summed E-state index contributed by atoms with van der Waals surface area (Å²) < 4.78 is 16.9. The highest BCUT2D eigenvalue weighted by atomic mass is 16.6. The smallest absolute Gasteiger partial charge is 0.306 e. The monoisotopic (exact) mass is 1110 g/mol. The highest BCUT2D eigenvalue weighted by molar-refractivity contribution is 5.71. The van der Waals surface area contributed by atoms with Crippen molar-refractivity contribution in [3.05, 3.63) is 24.3 Å². The van der Waals surface area contributed by atoms with Crippen LogP contribution >= 0.6 is 0 Å². The molecule has 0 fully saturated rings. The molecule has 0 N–H and O–H groups in total. The Kier molecular flexibility index (Phi) is 66.6. The van der Waals surface area contributed by atoms with Gasteiger partial charge in [0.05, 0.1) is 0 Å². The van der Waals surface area contributed by atoms with Crippen molar-refractivity contribution in [3.8, 4) is 0 Å². The summed E-state index contributed by atoms with van der Waals surface area (Å²) in [5, 5.41) is 0. The molecule has 0 radical (unpaired) electrons. The van der Waals surface area contributed by atoms with Crippen LogP contribution in [0.3, 0.4) is 0 Å². The molecule has 1 unspecified atom stereocenters. The standard InChI is InChI=1S/C73H138O6/c1-4-7-10-13-16-19-21-23-25-27-29-31-32-33-34-35-36-37-38-39-40-42-43-45-47-49-51-54-57-60-63-66-72(75)78-69-70(68-77-71(74)65-62-59-56-53-18-15-12-9-6-3)79-73(76)67-64-61-58-55-52-50-48-46-44-41-30-28-26-24-22-20-17-14-11-8-5-2/h27-30,70H,4-26,31-69H2,1-3H3/b29-27-,30-28-. The molecule has 0 spiro atoms. The van der Waals surface area contributed by atoms with Crippen molar-refractivity contribution in [2.24, 2.45) is 0 Å². The zero-order chi connectivity index (χ0) is 57.1. The van der Waals surface area contributed by atoms with Crippen molar-refractivity contribution in [3.63, 3.8) is 0 Å². The number of allylic oxidation sites excluding steroid dienone is 4. The molecular formula is C73H138O6. The van der Waals surface area contributed by atoms with Crippen LogP contribution in [0.1, 0.15) is 406 Å². The molecule has 0 aliphatic carbocycles. The third kappa shape index (κ3) is 66.6. The van der Waals surface area contributed by atoms with E-state index in [2.05, 4.69) is 45.1 Å². The zero-order valence-electron chi connectivity index (χ0n) is 53.7. The molecule has 0 aromatic carbocycles. The first kappa shape index (κ1) is 76.9. The highest BCUT2D eigenvalue weighted by Crippen LogP contribution is 2.19. The molecule has 0 rings (SSSR count). The van der Waals surface area contributed by atoms with Crippen molar-refractivity contribution < 1.29 is 28.6 Å². The van der Waals surface area contributed by atoms with Gasteiger partial charge in [0.25, 0.3) is 0 Å². The van der Waals surface area contributed by atoms with E-state index in [1.165, 1.54) is 308 Å². The van der Waals surface area contributed by atoms with Gasteiger partial charge in [0.1, 0.15) is 13.2 Å². The first-order chi connectivity index (χ1) is 39.0. The fraction of sp³-hybridized carbons (Fsp3) is 0.904. The van der Waals surface area contributed by atoms with Crippen LogP contribution in [-0.2, 0) is 28.6 Å². The van der Waals surface area contributed by atoms with Crippen molar-refractivity contribution in [2.45, 2.75) is 412 Å². The quantitative estimate of drug-likeness (QED) is 0.0261. The molecule has 0 bridgehead atoms. The number of carbonyl (C=O) groups excluding carboxylic acids is 3. The average Bonchev–Trinajstić information content (AvgIpc) is 3.45. The summed E-state index contributed by atoms with van der Waals surface area (Å²) in [7, 11) is 0. The molecule has 79 heavy (non-hydrogen) atoms. The first-order valence-electron chi connectivity index (χ1n) is 35.8. The van der Waals surface area contributed by atoms with E-state index in [1.807, 2.05) is 0 Å². The zero-order valence-corrected chi connectivity index (χ0v) is 53.7. The van der Waals surface area contributed by atoms with Crippen molar-refractivity contribution >= 4 is 17.9 Å². The van der Waals surface area contributed by atoms with Gasteiger partial charge in [-0.05, 0) is 70.6 Å². The molecule has 0 aliphatic rings. The Morgan fingerprint density at radius 1 is 0.241 bits per heavy atom. The topological polar surface area (TPSA) is 78.9 Å². The minimum Gasteiger partial charge on any atom is -0.462 e. The molecule has 466 valence electrons. The average molecular weight is 1110 g/mol. The van der Waals surface area contributed by atoms with Gasteiger partial charge in [-0.15, -0.1) is 0 Å². The SMILES string of the molecule is CCCCCCCCCC/C=C\CCCCCCCCCCCCCCCCCCCCCC(=O)OCC(COC(=O)CCCCCCCCCCC)OC(=O)CCCCCCCCCCC/C=C\CCCCCCCCCC. The van der Waals surface area contributed by atoms with Gasteiger partial charge in [0, 0.05) is 19.3 Å². The van der Waals surface area contributed by atoms with Crippen LogP contribution in [0.4, 0.5) is 0 Å². The van der Waals surface area contributed by atoms with Gasteiger partial charge in [0.2, 0.25) is 0 Å². The van der Waals surface area contributed by atoms with Gasteiger partial charge >= 0.3 is 17.9 Å². The van der Waals surface area contributed by atoms with Crippen LogP contribution in [0.2, 0.25) is 0 Å². The number of esters is 3. The lowest BCUT2D eigenvalue weighted by Gasteiger charge is -2.18. The minimum atomic E-state index is -0.768. The van der Waals surface area contributed by atoms with Crippen LogP contribution in [0, 0.1) is 0 Å². The Labute approximate surface area is 493 Å². The fourth-order valence-corrected chi connectivity index (χ4v) is 11.0. The molecule has 0 aromatic heterocycles. The Hall–Kier alpha value is -2.11. The van der Waals surface area contributed by atoms with E-state index in [4.69, 9.17) is 14.2 Å². The van der Waals surface area contributed by atoms with Crippen LogP contribution in [0.5, 0.6) is 0 Å². The second-order valence-electron chi connectivity index (χ2n) is 24.5. The number of rotatable bonds is 67. The summed E-state index contributed by atoms with van der Waals surface area (Å²) in [6.07, 6.45) is 83.8.